The van der Waals surface area contributed by atoms with E-state index >= 15 is 0 Å². The maximum absolute atomic E-state index is 13.8. The fourth-order valence-corrected chi connectivity index (χ4v) is 3.34. The van der Waals surface area contributed by atoms with Crippen molar-refractivity contribution in [3.05, 3.63) is 53.7 Å². The fourth-order valence-electron chi connectivity index (χ4n) is 3.34. The number of carbonyl (C=O) groups excluding carboxylic acids is 1. The van der Waals surface area contributed by atoms with E-state index in [2.05, 4.69) is 15.2 Å². The Labute approximate surface area is 132 Å². The van der Waals surface area contributed by atoms with Gasteiger partial charge in [-0.2, -0.15) is 5.10 Å². The molecule has 5 nitrogen and oxygen atoms in total. The Morgan fingerprint density at radius 3 is 3.00 bits per heavy atom. The van der Waals surface area contributed by atoms with Crippen LogP contribution in [0.4, 0.5) is 4.39 Å². The molecule has 1 aromatic carbocycles. The summed E-state index contributed by atoms with van der Waals surface area (Å²) >= 11 is 0. The Bertz CT molecular complexity index is 840. The number of rotatable bonds is 2. The van der Waals surface area contributed by atoms with Gasteiger partial charge in [-0.1, -0.05) is 12.1 Å². The minimum atomic E-state index is -0.342. The minimum Gasteiger partial charge on any atom is -0.348 e. The largest absolute Gasteiger partial charge is 0.348 e. The number of hydrogen-bond acceptors (Lipinski definition) is 2. The van der Waals surface area contributed by atoms with Crippen LogP contribution < -0.4 is 0 Å². The number of amides is 1. The van der Waals surface area contributed by atoms with Gasteiger partial charge in [-0.25, -0.2) is 4.39 Å². The summed E-state index contributed by atoms with van der Waals surface area (Å²) in [6.07, 6.45) is 4.66. The molecule has 23 heavy (non-hydrogen) atoms. The van der Waals surface area contributed by atoms with Gasteiger partial charge in [-0.05, 0) is 37.5 Å². The molecular formula is C17H17FN4O. The van der Waals surface area contributed by atoms with Gasteiger partial charge in [0.1, 0.15) is 11.5 Å². The fraction of sp³-hybridized carbons (Fsp3) is 0.294. The van der Waals surface area contributed by atoms with E-state index in [4.69, 9.17) is 0 Å². The van der Waals surface area contributed by atoms with Crippen LogP contribution in [0, 0.1) is 5.82 Å². The third-order valence-electron chi connectivity index (χ3n) is 4.48. The van der Waals surface area contributed by atoms with Crippen molar-refractivity contribution in [1.82, 2.24) is 20.1 Å². The predicted octanol–water partition coefficient (Wildman–Crippen LogP) is 3.40. The molecule has 0 unspecified atom stereocenters. The molecule has 1 fully saturated rings. The molecule has 0 saturated carbocycles. The van der Waals surface area contributed by atoms with Crippen molar-refractivity contribution in [3.8, 4) is 0 Å². The molecule has 0 bridgehead atoms. The zero-order valence-electron chi connectivity index (χ0n) is 12.6. The van der Waals surface area contributed by atoms with Gasteiger partial charge in [0.15, 0.2) is 0 Å². The topological polar surface area (TPSA) is 64.8 Å². The lowest BCUT2D eigenvalue weighted by molar-refractivity contribution is 0.0601. The number of halogens is 1. The van der Waals surface area contributed by atoms with Crippen molar-refractivity contribution in [3.63, 3.8) is 0 Å². The number of para-hydroxylation sites is 1. The molecule has 4 rings (SSSR count). The predicted molar refractivity (Wildman–Crippen MR) is 84.5 cm³/mol. The molecule has 1 aliphatic rings. The van der Waals surface area contributed by atoms with Crippen LogP contribution in [0.1, 0.15) is 41.5 Å². The molecule has 1 amide bonds. The van der Waals surface area contributed by atoms with Crippen molar-refractivity contribution in [1.29, 1.82) is 0 Å². The molecule has 2 N–H and O–H groups in total. The lowest BCUT2D eigenvalue weighted by Gasteiger charge is -2.34. The van der Waals surface area contributed by atoms with Crippen molar-refractivity contribution < 1.29 is 9.18 Å². The molecule has 3 heterocycles. The molecule has 1 saturated heterocycles. The second kappa shape index (κ2) is 5.53. The van der Waals surface area contributed by atoms with Crippen molar-refractivity contribution in [2.75, 3.05) is 6.54 Å². The van der Waals surface area contributed by atoms with Gasteiger partial charge >= 0.3 is 0 Å². The molecule has 1 atom stereocenters. The van der Waals surface area contributed by atoms with Gasteiger partial charge in [0.2, 0.25) is 0 Å². The number of piperidine rings is 1. The summed E-state index contributed by atoms with van der Waals surface area (Å²) in [5, 5.41) is 7.67. The van der Waals surface area contributed by atoms with E-state index in [0.29, 0.717) is 23.1 Å². The van der Waals surface area contributed by atoms with E-state index in [1.165, 1.54) is 6.07 Å². The number of benzene rings is 1. The number of carbonyl (C=O) groups is 1. The standard InChI is InChI=1S/C17H17FN4O/c18-12-5-3-4-11-10-14(20-16(11)12)17(23)22-9-2-1-6-15(22)13-7-8-19-21-13/h3-5,7-8,10,15,20H,1-2,6,9H2,(H,19,21)/t15-/m0/s1. The highest BCUT2D eigenvalue weighted by atomic mass is 19.1. The van der Waals surface area contributed by atoms with E-state index < -0.39 is 0 Å². The van der Waals surface area contributed by atoms with Crippen LogP contribution >= 0.6 is 0 Å². The van der Waals surface area contributed by atoms with Gasteiger partial charge in [-0.3, -0.25) is 9.89 Å². The second-order valence-electron chi connectivity index (χ2n) is 5.91. The van der Waals surface area contributed by atoms with Gasteiger partial charge in [0, 0.05) is 18.1 Å². The van der Waals surface area contributed by atoms with Gasteiger partial charge in [-0.15, -0.1) is 0 Å². The number of likely N-dealkylation sites (tertiary alicyclic amines) is 1. The number of aromatic nitrogens is 3. The van der Waals surface area contributed by atoms with Gasteiger partial charge in [0.25, 0.3) is 5.91 Å². The first-order chi connectivity index (χ1) is 11.2. The quantitative estimate of drug-likeness (QED) is 0.761. The Hall–Kier alpha value is -2.63. The van der Waals surface area contributed by atoms with Crippen LogP contribution in [-0.4, -0.2) is 32.5 Å². The Morgan fingerprint density at radius 2 is 2.22 bits per heavy atom. The molecule has 0 radical (unpaired) electrons. The highest BCUT2D eigenvalue weighted by molar-refractivity contribution is 5.98. The summed E-state index contributed by atoms with van der Waals surface area (Å²) < 4.78 is 13.8. The molecule has 0 aliphatic carbocycles. The van der Waals surface area contributed by atoms with Crippen LogP contribution in [0.25, 0.3) is 10.9 Å². The van der Waals surface area contributed by atoms with E-state index in [-0.39, 0.29) is 17.8 Å². The SMILES string of the molecule is O=C(c1cc2cccc(F)c2[nH]1)N1CCCC[C@H]1c1ccn[nH]1. The molecular weight excluding hydrogens is 295 g/mol. The summed E-state index contributed by atoms with van der Waals surface area (Å²) in [5.41, 5.74) is 1.75. The number of fused-ring (bicyclic) bond motifs is 1. The first-order valence-corrected chi connectivity index (χ1v) is 7.81. The number of aromatic amines is 2. The first-order valence-electron chi connectivity index (χ1n) is 7.81. The summed E-state index contributed by atoms with van der Waals surface area (Å²) in [4.78, 5) is 17.7. The van der Waals surface area contributed by atoms with Crippen LogP contribution in [0.5, 0.6) is 0 Å². The summed E-state index contributed by atoms with van der Waals surface area (Å²) in [7, 11) is 0. The third kappa shape index (κ3) is 2.40. The average molecular weight is 312 g/mol. The lowest BCUT2D eigenvalue weighted by atomic mass is 9.99. The van der Waals surface area contributed by atoms with Crippen LogP contribution in [0.15, 0.2) is 36.5 Å². The maximum atomic E-state index is 13.8. The monoisotopic (exact) mass is 312 g/mol. The molecule has 1 aliphatic heterocycles. The summed E-state index contributed by atoms with van der Waals surface area (Å²) in [6.45, 7) is 0.695. The third-order valence-corrected chi connectivity index (χ3v) is 4.48. The smallest absolute Gasteiger partial charge is 0.270 e. The molecule has 2 aromatic heterocycles. The summed E-state index contributed by atoms with van der Waals surface area (Å²) in [6, 6.07) is 8.46. The number of H-pyrrole nitrogens is 2. The van der Waals surface area contributed by atoms with Crippen LogP contribution in [0.2, 0.25) is 0 Å². The molecule has 118 valence electrons. The highest BCUT2D eigenvalue weighted by Gasteiger charge is 2.30. The van der Waals surface area contributed by atoms with Crippen molar-refractivity contribution >= 4 is 16.8 Å². The van der Waals surface area contributed by atoms with E-state index in [9.17, 15) is 9.18 Å². The van der Waals surface area contributed by atoms with E-state index in [1.54, 1.807) is 24.4 Å². The van der Waals surface area contributed by atoms with Crippen molar-refractivity contribution in [2.45, 2.75) is 25.3 Å². The first kappa shape index (κ1) is 14.0. The zero-order valence-corrected chi connectivity index (χ0v) is 12.6. The normalized spacial score (nSPS) is 18.5. The Kier molecular flexibility index (Phi) is 3.37. The maximum Gasteiger partial charge on any atom is 0.270 e. The van der Waals surface area contributed by atoms with Gasteiger partial charge < -0.3 is 9.88 Å². The van der Waals surface area contributed by atoms with Crippen molar-refractivity contribution in [2.24, 2.45) is 0 Å². The molecule has 6 heteroatoms. The van der Waals surface area contributed by atoms with E-state index in [1.807, 2.05) is 11.0 Å². The summed E-state index contributed by atoms with van der Waals surface area (Å²) in [5.74, 6) is -0.440. The highest BCUT2D eigenvalue weighted by Crippen LogP contribution is 2.31. The van der Waals surface area contributed by atoms with Crippen LogP contribution in [0.3, 0.4) is 0 Å². The average Bonchev–Trinajstić information content (AvgIpc) is 3.24. The second-order valence-corrected chi connectivity index (χ2v) is 5.91. The molecule has 0 spiro atoms. The number of nitrogens with one attached hydrogen (secondary N) is 2. The molecule has 3 aromatic rings. The number of nitrogens with zero attached hydrogens (tertiary/aromatic N) is 2. The lowest BCUT2D eigenvalue weighted by Crippen LogP contribution is -2.38. The minimum absolute atomic E-state index is 0.00462. The van der Waals surface area contributed by atoms with Gasteiger partial charge in [0.05, 0.1) is 17.3 Å². The Morgan fingerprint density at radius 1 is 1.30 bits per heavy atom. The number of hydrogen-bond donors (Lipinski definition) is 2. The Balaban J connectivity index is 1.69. The van der Waals surface area contributed by atoms with E-state index in [0.717, 1.165) is 25.0 Å². The zero-order chi connectivity index (χ0) is 15.8. The van der Waals surface area contributed by atoms with Crippen LogP contribution in [-0.2, 0) is 0 Å².